The maximum absolute atomic E-state index is 11.2. The number of nitrogens with one attached hydrogen (secondary N) is 1. The molecule has 1 rings (SSSR count). The third-order valence-electron chi connectivity index (χ3n) is 1.76. The monoisotopic (exact) mass is 215 g/mol. The Morgan fingerprint density at radius 3 is 2.57 bits per heavy atom. The largest absolute Gasteiger partial charge is 0.399 e. The molecular weight excluding hydrogens is 202 g/mol. The molecule has 0 saturated heterocycles. The fourth-order valence-corrected chi connectivity index (χ4v) is 1.98. The first-order valence-electron chi connectivity index (χ1n) is 4.01. The second kappa shape index (κ2) is 3.95. The highest BCUT2D eigenvalue weighted by molar-refractivity contribution is 7.89. The van der Waals surface area contributed by atoms with Gasteiger partial charge in [0.15, 0.2) is 0 Å². The van der Waals surface area contributed by atoms with Crippen LogP contribution in [0.5, 0.6) is 0 Å². The van der Waals surface area contributed by atoms with Gasteiger partial charge in [-0.3, -0.25) is 0 Å². The number of nitrogen functional groups attached to an aromatic ring is 1. The minimum absolute atomic E-state index is 0.0758. The Hall–Kier alpha value is -1.11. The molecule has 0 bridgehead atoms. The van der Waals surface area contributed by atoms with E-state index in [1.165, 1.54) is 6.07 Å². The van der Waals surface area contributed by atoms with Gasteiger partial charge in [0.25, 0.3) is 0 Å². The summed E-state index contributed by atoms with van der Waals surface area (Å²) in [6.45, 7) is 0.437. The lowest BCUT2D eigenvalue weighted by molar-refractivity contribution is 0.596. The van der Waals surface area contributed by atoms with Crippen LogP contribution in [0.3, 0.4) is 0 Å². The number of nitrogens with two attached hydrogens (primary N) is 2. The van der Waals surface area contributed by atoms with E-state index in [0.717, 1.165) is 0 Å². The summed E-state index contributed by atoms with van der Waals surface area (Å²) in [7, 11) is -1.97. The van der Waals surface area contributed by atoms with Crippen molar-refractivity contribution in [2.75, 3.05) is 12.8 Å². The highest BCUT2D eigenvalue weighted by atomic mass is 32.2. The molecule has 1 aromatic rings. The lowest BCUT2D eigenvalue weighted by Gasteiger charge is -2.07. The van der Waals surface area contributed by atoms with Crippen LogP contribution in [-0.2, 0) is 16.6 Å². The highest BCUT2D eigenvalue weighted by Gasteiger charge is 2.13. The normalized spacial score (nSPS) is 11.6. The maximum atomic E-state index is 11.2. The van der Waals surface area contributed by atoms with Gasteiger partial charge in [-0.05, 0) is 24.7 Å². The Balaban J connectivity index is 3.30. The molecule has 6 heteroatoms. The summed E-state index contributed by atoms with van der Waals surface area (Å²) >= 11 is 0. The fourth-order valence-electron chi connectivity index (χ4n) is 1.17. The molecule has 0 fully saturated rings. The van der Waals surface area contributed by atoms with Crippen LogP contribution in [0.25, 0.3) is 0 Å². The van der Waals surface area contributed by atoms with Crippen LogP contribution < -0.4 is 16.2 Å². The van der Waals surface area contributed by atoms with E-state index in [1.54, 1.807) is 19.2 Å². The molecule has 5 N–H and O–H groups in total. The van der Waals surface area contributed by atoms with Crippen molar-refractivity contribution < 1.29 is 8.42 Å². The Kier molecular flexibility index (Phi) is 3.10. The Morgan fingerprint density at radius 2 is 2.07 bits per heavy atom. The van der Waals surface area contributed by atoms with Gasteiger partial charge in [-0.25, -0.2) is 13.6 Å². The number of hydrogen-bond donors (Lipinski definition) is 3. The van der Waals surface area contributed by atoms with Crippen molar-refractivity contribution in [3.05, 3.63) is 23.8 Å². The molecule has 0 amide bonds. The van der Waals surface area contributed by atoms with Crippen molar-refractivity contribution in [2.24, 2.45) is 5.14 Å². The van der Waals surface area contributed by atoms with E-state index in [0.29, 0.717) is 17.8 Å². The van der Waals surface area contributed by atoms with E-state index < -0.39 is 10.0 Å². The van der Waals surface area contributed by atoms with Crippen molar-refractivity contribution in [2.45, 2.75) is 11.4 Å². The molecule has 5 nitrogen and oxygen atoms in total. The summed E-state index contributed by atoms with van der Waals surface area (Å²) in [5, 5.41) is 7.90. The number of hydrogen-bond acceptors (Lipinski definition) is 4. The minimum atomic E-state index is -3.70. The van der Waals surface area contributed by atoms with Gasteiger partial charge in [-0.2, -0.15) is 0 Å². The van der Waals surface area contributed by atoms with Gasteiger partial charge < -0.3 is 11.1 Å². The number of anilines is 1. The van der Waals surface area contributed by atoms with E-state index in [-0.39, 0.29) is 4.90 Å². The molecule has 14 heavy (non-hydrogen) atoms. The molecule has 0 aliphatic rings. The number of sulfonamides is 1. The Labute approximate surface area is 83.2 Å². The molecule has 0 heterocycles. The average Bonchev–Trinajstić information content (AvgIpc) is 2.07. The average molecular weight is 215 g/mol. The van der Waals surface area contributed by atoms with Gasteiger partial charge in [-0.15, -0.1) is 0 Å². The number of primary sulfonamides is 1. The molecule has 0 aliphatic heterocycles. The first-order valence-corrected chi connectivity index (χ1v) is 5.55. The third kappa shape index (κ3) is 2.44. The van der Waals surface area contributed by atoms with Crippen LogP contribution in [0.1, 0.15) is 5.56 Å². The van der Waals surface area contributed by atoms with Crippen LogP contribution >= 0.6 is 0 Å². The molecule has 0 radical (unpaired) electrons. The first-order chi connectivity index (χ1) is 6.45. The second-order valence-corrected chi connectivity index (χ2v) is 4.47. The summed E-state index contributed by atoms with van der Waals surface area (Å²) in [4.78, 5) is 0.0758. The zero-order valence-corrected chi connectivity index (χ0v) is 8.64. The quantitative estimate of drug-likeness (QED) is 0.599. The molecule has 0 unspecified atom stereocenters. The van der Waals surface area contributed by atoms with Gasteiger partial charge in [0.05, 0.1) is 4.90 Å². The molecule has 78 valence electrons. The van der Waals surface area contributed by atoms with Crippen LogP contribution in [-0.4, -0.2) is 15.5 Å². The number of benzene rings is 1. The predicted octanol–water partition coefficient (Wildman–Crippen LogP) is -0.364. The van der Waals surface area contributed by atoms with E-state index in [9.17, 15) is 8.42 Å². The summed E-state index contributed by atoms with van der Waals surface area (Å²) in [5.74, 6) is 0. The van der Waals surface area contributed by atoms with E-state index >= 15 is 0 Å². The van der Waals surface area contributed by atoms with Crippen LogP contribution in [0.4, 0.5) is 5.69 Å². The van der Waals surface area contributed by atoms with Crippen LogP contribution in [0, 0.1) is 0 Å². The van der Waals surface area contributed by atoms with E-state index in [1.807, 2.05) is 0 Å². The van der Waals surface area contributed by atoms with E-state index in [2.05, 4.69) is 5.32 Å². The second-order valence-electron chi connectivity index (χ2n) is 2.94. The SMILES string of the molecule is CNCc1ccc(N)cc1S(N)(=O)=O. The molecular formula is C8H13N3O2S. The zero-order valence-electron chi connectivity index (χ0n) is 7.82. The van der Waals surface area contributed by atoms with Crippen molar-refractivity contribution in [3.63, 3.8) is 0 Å². The fraction of sp³-hybridized carbons (Fsp3) is 0.250. The standard InChI is InChI=1S/C8H13N3O2S/c1-11-5-6-2-3-7(9)4-8(6)14(10,12)13/h2-4,11H,5,9H2,1H3,(H2,10,12,13). The molecule has 1 aromatic carbocycles. The molecule has 0 saturated carbocycles. The summed E-state index contributed by atoms with van der Waals surface area (Å²) in [6, 6.07) is 4.65. The lowest BCUT2D eigenvalue weighted by atomic mass is 10.2. The molecule has 0 spiro atoms. The van der Waals surface area contributed by atoms with Gasteiger partial charge in [-0.1, -0.05) is 6.07 Å². The van der Waals surface area contributed by atoms with Gasteiger partial charge in [0.1, 0.15) is 0 Å². The van der Waals surface area contributed by atoms with Gasteiger partial charge in [0, 0.05) is 12.2 Å². The molecule has 0 aromatic heterocycles. The Bertz CT molecular complexity index is 428. The van der Waals surface area contributed by atoms with Crippen molar-refractivity contribution in [1.29, 1.82) is 0 Å². The lowest BCUT2D eigenvalue weighted by Crippen LogP contribution is -2.17. The summed E-state index contributed by atoms with van der Waals surface area (Å²) in [5.41, 5.74) is 6.48. The molecule has 0 atom stereocenters. The molecule has 0 aliphatic carbocycles. The summed E-state index contributed by atoms with van der Waals surface area (Å²) in [6.07, 6.45) is 0. The summed E-state index contributed by atoms with van der Waals surface area (Å²) < 4.78 is 22.4. The van der Waals surface area contributed by atoms with Crippen molar-refractivity contribution in [3.8, 4) is 0 Å². The van der Waals surface area contributed by atoms with Crippen LogP contribution in [0.15, 0.2) is 23.1 Å². The number of rotatable bonds is 3. The topological polar surface area (TPSA) is 98.2 Å². The van der Waals surface area contributed by atoms with E-state index in [4.69, 9.17) is 10.9 Å². The first kappa shape index (κ1) is 11.0. The maximum Gasteiger partial charge on any atom is 0.238 e. The van der Waals surface area contributed by atoms with Crippen molar-refractivity contribution >= 4 is 15.7 Å². The third-order valence-corrected chi connectivity index (χ3v) is 2.76. The highest BCUT2D eigenvalue weighted by Crippen LogP contribution is 2.17. The van der Waals surface area contributed by atoms with Gasteiger partial charge >= 0.3 is 0 Å². The minimum Gasteiger partial charge on any atom is -0.399 e. The van der Waals surface area contributed by atoms with Crippen LogP contribution in [0.2, 0.25) is 0 Å². The van der Waals surface area contributed by atoms with Gasteiger partial charge in [0.2, 0.25) is 10.0 Å². The van der Waals surface area contributed by atoms with Crippen molar-refractivity contribution in [1.82, 2.24) is 5.32 Å². The smallest absolute Gasteiger partial charge is 0.238 e. The Morgan fingerprint density at radius 1 is 1.43 bits per heavy atom. The zero-order chi connectivity index (χ0) is 10.8. The predicted molar refractivity (Wildman–Crippen MR) is 55.0 cm³/mol.